The Hall–Kier alpha value is -1.38. The Balaban J connectivity index is 2.00. The van der Waals surface area contributed by atoms with E-state index in [-0.39, 0.29) is 0 Å². The molecule has 92 valence electrons. The minimum atomic E-state index is 0.557. The summed E-state index contributed by atoms with van der Waals surface area (Å²) in [6.07, 6.45) is 2.17. The molecule has 2 radical (unpaired) electrons. The molecule has 0 fully saturated rings. The van der Waals surface area contributed by atoms with Crippen molar-refractivity contribution in [3.8, 4) is 0 Å². The van der Waals surface area contributed by atoms with Gasteiger partial charge in [-0.25, -0.2) is 0 Å². The Morgan fingerprint density at radius 1 is 0.833 bits per heavy atom. The Bertz CT molecular complexity index is 400. The van der Waals surface area contributed by atoms with E-state index in [1.165, 1.54) is 11.1 Å². The van der Waals surface area contributed by atoms with Crippen molar-refractivity contribution in [3.05, 3.63) is 71.8 Å². The van der Waals surface area contributed by atoms with Crippen molar-refractivity contribution < 1.29 is 4.43 Å². The largest absolute Gasteiger partial charge is 0.420 e. The molecule has 0 atom stereocenters. The van der Waals surface area contributed by atoms with E-state index in [4.69, 9.17) is 4.43 Å². The van der Waals surface area contributed by atoms with Gasteiger partial charge in [0, 0.05) is 7.11 Å². The van der Waals surface area contributed by atoms with Crippen molar-refractivity contribution in [2.75, 3.05) is 7.11 Å². The highest BCUT2D eigenvalue weighted by atomic mass is 28.2. The van der Waals surface area contributed by atoms with Crippen LogP contribution in [-0.4, -0.2) is 16.9 Å². The highest BCUT2D eigenvalue weighted by molar-refractivity contribution is 6.29. The molecule has 0 amide bonds. The molecular weight excluding hydrogens is 236 g/mol. The lowest BCUT2D eigenvalue weighted by Gasteiger charge is -2.14. The van der Waals surface area contributed by atoms with E-state index in [1.54, 1.807) is 7.11 Å². The van der Waals surface area contributed by atoms with Crippen molar-refractivity contribution >= 4 is 9.76 Å². The van der Waals surface area contributed by atoms with Crippen molar-refractivity contribution in [2.45, 2.75) is 18.4 Å². The molecule has 0 bridgehead atoms. The van der Waals surface area contributed by atoms with Crippen LogP contribution >= 0.6 is 0 Å². The number of hydrogen-bond donors (Lipinski definition) is 0. The lowest BCUT2D eigenvalue weighted by atomic mass is 10.0. The first-order chi connectivity index (χ1) is 8.88. The maximum atomic E-state index is 5.38. The van der Waals surface area contributed by atoms with Gasteiger partial charge in [0.05, 0.1) is 0 Å². The second kappa shape index (κ2) is 7.14. The van der Waals surface area contributed by atoms with E-state index in [9.17, 15) is 0 Å². The van der Waals surface area contributed by atoms with Crippen molar-refractivity contribution in [1.82, 2.24) is 0 Å². The van der Waals surface area contributed by atoms with Crippen LogP contribution < -0.4 is 0 Å². The van der Waals surface area contributed by atoms with Crippen LogP contribution in [0.1, 0.15) is 11.1 Å². The molecule has 1 nitrogen and oxygen atoms in total. The molecule has 2 aromatic carbocycles. The summed E-state index contributed by atoms with van der Waals surface area (Å²) < 4.78 is 5.38. The summed E-state index contributed by atoms with van der Waals surface area (Å²) in [5, 5.41) is 0. The zero-order chi connectivity index (χ0) is 12.6. The van der Waals surface area contributed by atoms with Crippen molar-refractivity contribution in [2.24, 2.45) is 0 Å². The minimum Gasteiger partial charge on any atom is -0.420 e. The molecule has 2 aromatic rings. The second-order valence-corrected chi connectivity index (χ2v) is 5.86. The van der Waals surface area contributed by atoms with Gasteiger partial charge in [0.15, 0.2) is 0 Å². The van der Waals surface area contributed by atoms with Crippen LogP contribution in [0.4, 0.5) is 0 Å². The van der Waals surface area contributed by atoms with Gasteiger partial charge in [0.25, 0.3) is 0 Å². The van der Waals surface area contributed by atoms with Crippen LogP contribution in [-0.2, 0) is 17.3 Å². The van der Waals surface area contributed by atoms with Gasteiger partial charge in [0.2, 0.25) is 9.76 Å². The van der Waals surface area contributed by atoms with Gasteiger partial charge >= 0.3 is 0 Å². The molecule has 0 saturated carbocycles. The molecule has 0 saturated heterocycles. The third-order valence-corrected chi connectivity index (χ3v) is 3.91. The van der Waals surface area contributed by atoms with Crippen LogP contribution in [0.5, 0.6) is 0 Å². The Kier molecular flexibility index (Phi) is 5.18. The molecular formula is C16H18OSi. The van der Waals surface area contributed by atoms with Gasteiger partial charge < -0.3 is 4.43 Å². The molecule has 0 spiro atoms. The predicted molar refractivity (Wildman–Crippen MR) is 76.8 cm³/mol. The fraction of sp³-hybridized carbons (Fsp3) is 0.250. The average molecular weight is 254 g/mol. The summed E-state index contributed by atoms with van der Waals surface area (Å²) in [5.74, 6) is 0. The zero-order valence-corrected chi connectivity index (χ0v) is 11.7. The molecule has 18 heavy (non-hydrogen) atoms. The van der Waals surface area contributed by atoms with Crippen LogP contribution in [0.25, 0.3) is 0 Å². The summed E-state index contributed by atoms with van der Waals surface area (Å²) in [6, 6.07) is 21.3. The topological polar surface area (TPSA) is 9.23 Å². The van der Waals surface area contributed by atoms with Gasteiger partial charge in [-0.1, -0.05) is 60.7 Å². The van der Waals surface area contributed by atoms with Crippen LogP contribution in [0.15, 0.2) is 60.7 Å². The summed E-state index contributed by atoms with van der Waals surface area (Å²) in [7, 11) is 2.35. The monoisotopic (exact) mass is 254 g/mol. The fourth-order valence-electron chi connectivity index (χ4n) is 2.12. The maximum Gasteiger partial charge on any atom is 0.233 e. The first-order valence-electron chi connectivity index (χ1n) is 6.25. The summed E-state index contributed by atoms with van der Waals surface area (Å²) >= 11 is 0. The highest BCUT2D eigenvalue weighted by Crippen LogP contribution is 2.18. The van der Waals surface area contributed by atoms with Crippen molar-refractivity contribution in [1.29, 1.82) is 0 Å². The van der Waals surface area contributed by atoms with Gasteiger partial charge in [0.1, 0.15) is 0 Å². The normalized spacial score (nSPS) is 10.8. The van der Waals surface area contributed by atoms with Gasteiger partial charge in [-0.15, -0.1) is 0 Å². The molecule has 2 rings (SSSR count). The summed E-state index contributed by atoms with van der Waals surface area (Å²) in [6.45, 7) is 0. The molecule has 0 N–H and O–H groups in total. The first-order valence-corrected chi connectivity index (χ1v) is 7.23. The van der Waals surface area contributed by atoms with E-state index < -0.39 is 0 Å². The first kappa shape index (κ1) is 13.1. The van der Waals surface area contributed by atoms with Crippen molar-refractivity contribution in [3.63, 3.8) is 0 Å². The minimum absolute atomic E-state index is 0.557. The third-order valence-electron chi connectivity index (χ3n) is 2.93. The van der Waals surface area contributed by atoms with E-state index in [0.717, 1.165) is 12.8 Å². The quantitative estimate of drug-likeness (QED) is 0.717. The van der Waals surface area contributed by atoms with E-state index in [0.29, 0.717) is 15.3 Å². The van der Waals surface area contributed by atoms with Crippen LogP contribution in [0.3, 0.4) is 0 Å². The highest BCUT2D eigenvalue weighted by Gasteiger charge is 2.12. The number of hydrogen-bond acceptors (Lipinski definition) is 1. The number of benzene rings is 2. The fourth-order valence-corrected chi connectivity index (χ4v) is 3.09. The average Bonchev–Trinajstić information content (AvgIpc) is 2.41. The van der Waals surface area contributed by atoms with Gasteiger partial charge in [-0.2, -0.15) is 0 Å². The molecule has 0 aliphatic carbocycles. The SMILES string of the molecule is CO[Si]C(Cc1ccccc1)Cc1ccccc1. The van der Waals surface area contributed by atoms with E-state index in [2.05, 4.69) is 60.7 Å². The summed E-state index contributed by atoms with van der Waals surface area (Å²) in [4.78, 5) is 0. The zero-order valence-electron chi connectivity index (χ0n) is 10.7. The molecule has 0 aliphatic heterocycles. The lowest BCUT2D eigenvalue weighted by molar-refractivity contribution is 0.428. The van der Waals surface area contributed by atoms with Crippen LogP contribution in [0.2, 0.25) is 5.54 Å². The predicted octanol–water partition coefficient (Wildman–Crippen LogP) is 3.53. The molecule has 2 heteroatoms. The molecule has 0 aromatic heterocycles. The third kappa shape index (κ3) is 4.13. The summed E-state index contributed by atoms with van der Waals surface area (Å²) in [5.41, 5.74) is 3.35. The number of rotatable bonds is 6. The lowest BCUT2D eigenvalue weighted by Crippen LogP contribution is -2.12. The van der Waals surface area contributed by atoms with E-state index >= 15 is 0 Å². The maximum absolute atomic E-state index is 5.38. The van der Waals surface area contributed by atoms with Gasteiger partial charge in [-0.3, -0.25) is 0 Å². The Labute approximate surface area is 112 Å². The Morgan fingerprint density at radius 3 is 1.67 bits per heavy atom. The van der Waals surface area contributed by atoms with E-state index in [1.807, 2.05) is 0 Å². The molecule has 0 unspecified atom stereocenters. The standard InChI is InChI=1S/C16H18OSi/c1-17-18-16(12-14-8-4-2-5-9-14)13-15-10-6-3-7-11-15/h2-11,16H,12-13H2,1H3. The Morgan fingerprint density at radius 2 is 1.28 bits per heavy atom. The van der Waals surface area contributed by atoms with Crippen LogP contribution in [0, 0.1) is 0 Å². The second-order valence-electron chi connectivity index (χ2n) is 4.40. The van der Waals surface area contributed by atoms with Gasteiger partial charge in [-0.05, 0) is 29.5 Å². The molecule has 0 heterocycles. The smallest absolute Gasteiger partial charge is 0.233 e. The molecule has 0 aliphatic rings.